The quantitative estimate of drug-likeness (QED) is 0.539. The number of rotatable bonds is 4. The first-order valence-electron chi connectivity index (χ1n) is 9.08. The summed E-state index contributed by atoms with van der Waals surface area (Å²) in [5, 5.41) is 4.04. The van der Waals surface area contributed by atoms with Crippen LogP contribution >= 0.6 is 0 Å². The Hall–Kier alpha value is -3.18. The van der Waals surface area contributed by atoms with E-state index in [1.807, 2.05) is 12.1 Å². The predicted molar refractivity (Wildman–Crippen MR) is 101 cm³/mol. The van der Waals surface area contributed by atoms with Gasteiger partial charge >= 0.3 is 0 Å². The molecule has 0 saturated carbocycles. The van der Waals surface area contributed by atoms with E-state index in [9.17, 15) is 0 Å². The van der Waals surface area contributed by atoms with E-state index in [1.165, 1.54) is 16.7 Å². The second kappa shape index (κ2) is 6.85. The summed E-state index contributed by atoms with van der Waals surface area (Å²) in [5.74, 6) is 2.05. The van der Waals surface area contributed by atoms with Gasteiger partial charge in [0.2, 0.25) is 11.7 Å². The van der Waals surface area contributed by atoms with Gasteiger partial charge in [-0.25, -0.2) is 0 Å². The van der Waals surface area contributed by atoms with Crippen LogP contribution in [0.25, 0.3) is 11.6 Å². The van der Waals surface area contributed by atoms with Crippen LogP contribution in [0.15, 0.2) is 81.9 Å². The van der Waals surface area contributed by atoms with E-state index in [0.717, 1.165) is 13.1 Å². The lowest BCUT2D eigenvalue weighted by atomic mass is 9.85. The maximum absolute atomic E-state index is 5.46. The first kappa shape index (κ1) is 16.0. The van der Waals surface area contributed by atoms with E-state index in [4.69, 9.17) is 8.94 Å². The van der Waals surface area contributed by atoms with Crippen molar-refractivity contribution in [3.8, 4) is 11.6 Å². The Balaban J connectivity index is 1.41. The Bertz CT molecular complexity index is 1020. The topological polar surface area (TPSA) is 55.3 Å². The summed E-state index contributed by atoms with van der Waals surface area (Å²) in [5.41, 5.74) is 4.08. The number of nitrogens with zero attached hydrogens (tertiary/aromatic N) is 3. The van der Waals surface area contributed by atoms with Gasteiger partial charge in [-0.15, -0.1) is 0 Å². The summed E-state index contributed by atoms with van der Waals surface area (Å²) < 4.78 is 10.8. The van der Waals surface area contributed by atoms with Crippen molar-refractivity contribution in [1.82, 2.24) is 15.0 Å². The Morgan fingerprint density at radius 3 is 2.67 bits per heavy atom. The number of hydrogen-bond donors (Lipinski definition) is 0. The largest absolute Gasteiger partial charge is 0.461 e. The van der Waals surface area contributed by atoms with Gasteiger partial charge in [-0.1, -0.05) is 59.8 Å². The molecule has 0 aliphatic carbocycles. The van der Waals surface area contributed by atoms with Crippen molar-refractivity contribution in [2.75, 3.05) is 6.54 Å². The zero-order chi connectivity index (χ0) is 18.1. The molecule has 5 nitrogen and oxygen atoms in total. The molecule has 0 saturated heterocycles. The minimum absolute atomic E-state index is 0.337. The van der Waals surface area contributed by atoms with Gasteiger partial charge in [-0.3, -0.25) is 4.90 Å². The molecule has 0 radical (unpaired) electrons. The summed E-state index contributed by atoms with van der Waals surface area (Å²) >= 11 is 0. The third-order valence-corrected chi connectivity index (χ3v) is 5.04. The Morgan fingerprint density at radius 1 is 0.963 bits per heavy atom. The molecule has 5 heteroatoms. The van der Waals surface area contributed by atoms with Crippen molar-refractivity contribution in [1.29, 1.82) is 0 Å². The van der Waals surface area contributed by atoms with Crippen LogP contribution in [0.5, 0.6) is 0 Å². The summed E-state index contributed by atoms with van der Waals surface area (Å²) in [7, 11) is 0. The molecule has 0 bridgehead atoms. The smallest absolute Gasteiger partial charge is 0.241 e. The molecule has 3 heterocycles. The lowest BCUT2D eigenvalue weighted by Gasteiger charge is -2.34. The molecule has 0 spiro atoms. The fourth-order valence-electron chi connectivity index (χ4n) is 3.79. The maximum atomic E-state index is 5.46. The monoisotopic (exact) mass is 357 g/mol. The van der Waals surface area contributed by atoms with Crippen LogP contribution in [0.2, 0.25) is 0 Å². The minimum Gasteiger partial charge on any atom is -0.461 e. The number of benzene rings is 2. The molecule has 2 aromatic carbocycles. The van der Waals surface area contributed by atoms with Crippen molar-refractivity contribution >= 4 is 0 Å². The molecule has 0 fully saturated rings. The molecule has 4 aromatic rings. The first-order valence-corrected chi connectivity index (χ1v) is 9.08. The van der Waals surface area contributed by atoms with Crippen molar-refractivity contribution < 1.29 is 8.94 Å². The molecular weight excluding hydrogens is 338 g/mol. The normalized spacial score (nSPS) is 17.0. The third-order valence-electron chi connectivity index (χ3n) is 5.04. The SMILES string of the molecule is c1ccc([C@@H]2CN(Cc3nc(-c4ccco4)no3)Cc3ccccc32)cc1. The van der Waals surface area contributed by atoms with E-state index in [2.05, 4.69) is 69.6 Å². The zero-order valence-corrected chi connectivity index (χ0v) is 14.8. The average Bonchev–Trinajstić information content (AvgIpc) is 3.40. The van der Waals surface area contributed by atoms with Gasteiger partial charge in [0.25, 0.3) is 0 Å². The number of furan rings is 1. The van der Waals surface area contributed by atoms with Crippen molar-refractivity contribution in [2.45, 2.75) is 19.0 Å². The van der Waals surface area contributed by atoms with Crippen LogP contribution < -0.4 is 0 Å². The number of aromatic nitrogens is 2. The van der Waals surface area contributed by atoms with Crippen LogP contribution in [0, 0.1) is 0 Å². The Morgan fingerprint density at radius 2 is 1.81 bits per heavy atom. The standard InChI is InChI=1S/C22H19N3O2/c1-2-7-16(8-3-1)19-14-25(13-17-9-4-5-10-18(17)19)15-21-23-22(24-27-21)20-11-6-12-26-20/h1-12,19H,13-15H2/t19-/m0/s1. The zero-order valence-electron chi connectivity index (χ0n) is 14.8. The molecule has 0 unspecified atom stereocenters. The number of fused-ring (bicyclic) bond motifs is 1. The molecule has 1 aliphatic rings. The first-order chi connectivity index (χ1) is 13.4. The van der Waals surface area contributed by atoms with E-state index in [-0.39, 0.29) is 0 Å². The van der Waals surface area contributed by atoms with Gasteiger partial charge in [0.1, 0.15) is 0 Å². The van der Waals surface area contributed by atoms with Crippen molar-refractivity contribution in [3.63, 3.8) is 0 Å². The van der Waals surface area contributed by atoms with E-state index < -0.39 is 0 Å². The average molecular weight is 357 g/mol. The predicted octanol–water partition coefficient (Wildman–Crippen LogP) is 4.48. The summed E-state index contributed by atoms with van der Waals surface area (Å²) in [6.45, 7) is 2.41. The van der Waals surface area contributed by atoms with E-state index >= 15 is 0 Å². The van der Waals surface area contributed by atoms with Gasteiger partial charge in [0, 0.05) is 19.0 Å². The van der Waals surface area contributed by atoms with E-state index in [0.29, 0.717) is 29.9 Å². The summed E-state index contributed by atoms with van der Waals surface area (Å²) in [4.78, 5) is 6.85. The fraction of sp³-hybridized carbons (Fsp3) is 0.182. The maximum Gasteiger partial charge on any atom is 0.241 e. The van der Waals surface area contributed by atoms with Gasteiger partial charge in [-0.2, -0.15) is 4.98 Å². The van der Waals surface area contributed by atoms with Crippen LogP contribution in [0.4, 0.5) is 0 Å². The van der Waals surface area contributed by atoms with Crippen LogP contribution in [0.1, 0.15) is 28.5 Å². The molecule has 134 valence electrons. The molecule has 27 heavy (non-hydrogen) atoms. The third kappa shape index (κ3) is 3.17. The van der Waals surface area contributed by atoms with E-state index in [1.54, 1.807) is 6.26 Å². The lowest BCUT2D eigenvalue weighted by molar-refractivity contribution is 0.200. The fourth-order valence-corrected chi connectivity index (χ4v) is 3.79. The molecule has 5 rings (SSSR count). The van der Waals surface area contributed by atoms with Crippen LogP contribution in [0.3, 0.4) is 0 Å². The van der Waals surface area contributed by atoms with Gasteiger partial charge in [0.15, 0.2) is 5.76 Å². The minimum atomic E-state index is 0.337. The lowest BCUT2D eigenvalue weighted by Crippen LogP contribution is -2.33. The van der Waals surface area contributed by atoms with Crippen molar-refractivity contribution in [2.24, 2.45) is 0 Å². The van der Waals surface area contributed by atoms with Crippen LogP contribution in [-0.2, 0) is 13.1 Å². The second-order valence-electron chi connectivity index (χ2n) is 6.82. The Kier molecular flexibility index (Phi) is 4.07. The highest BCUT2D eigenvalue weighted by molar-refractivity contribution is 5.44. The van der Waals surface area contributed by atoms with Crippen LogP contribution in [-0.4, -0.2) is 21.6 Å². The highest BCUT2D eigenvalue weighted by atomic mass is 16.5. The molecule has 1 aliphatic heterocycles. The van der Waals surface area contributed by atoms with Gasteiger partial charge in [0.05, 0.1) is 12.8 Å². The van der Waals surface area contributed by atoms with Gasteiger partial charge in [-0.05, 0) is 28.8 Å². The highest BCUT2D eigenvalue weighted by Gasteiger charge is 2.27. The summed E-state index contributed by atoms with van der Waals surface area (Å²) in [6.07, 6.45) is 1.61. The summed E-state index contributed by atoms with van der Waals surface area (Å²) in [6, 6.07) is 23.0. The van der Waals surface area contributed by atoms with Gasteiger partial charge < -0.3 is 8.94 Å². The molecular formula is C22H19N3O2. The number of hydrogen-bond acceptors (Lipinski definition) is 5. The molecule has 1 atom stereocenters. The second-order valence-corrected chi connectivity index (χ2v) is 6.82. The molecule has 0 amide bonds. The van der Waals surface area contributed by atoms with Crippen molar-refractivity contribution in [3.05, 3.63) is 95.6 Å². The molecule has 2 aromatic heterocycles. The highest BCUT2D eigenvalue weighted by Crippen LogP contribution is 2.34. The Labute approximate surface area is 157 Å². The molecule has 0 N–H and O–H groups in total.